The van der Waals surface area contributed by atoms with Crippen molar-refractivity contribution in [3.63, 3.8) is 0 Å². The molecule has 0 unspecified atom stereocenters. The first-order valence-corrected chi connectivity index (χ1v) is 5.44. The largest absolute Gasteiger partial charge is 0.465 e. The van der Waals surface area contributed by atoms with Gasteiger partial charge in [-0.3, -0.25) is 0 Å². The second kappa shape index (κ2) is 5.63. The Kier molecular flexibility index (Phi) is 4.45. The highest BCUT2D eigenvalue weighted by Crippen LogP contribution is 2.21. The molecule has 1 aromatic carbocycles. The van der Waals surface area contributed by atoms with E-state index in [0.29, 0.717) is 16.5 Å². The first-order chi connectivity index (χ1) is 7.95. The molecule has 1 aromatic rings. The molecule has 0 saturated carbocycles. The topological polar surface area (TPSA) is 38.8 Å². The number of thiocarbonyl (C=S) groups is 1. The van der Waals surface area contributed by atoms with Gasteiger partial charge >= 0.3 is 5.97 Å². The number of benzene rings is 1. The minimum atomic E-state index is -0.443. The molecule has 0 amide bonds. The van der Waals surface area contributed by atoms with Gasteiger partial charge in [0.05, 0.1) is 7.11 Å². The second-order valence-electron chi connectivity index (χ2n) is 3.75. The molecule has 0 bridgehead atoms. The Hall–Kier alpha value is -1.62. The maximum atomic E-state index is 11.5. The number of rotatable bonds is 2. The number of hydrogen-bond acceptors (Lipinski definition) is 4. The summed E-state index contributed by atoms with van der Waals surface area (Å²) >= 11 is 5.04. The Morgan fingerprint density at radius 2 is 2.00 bits per heavy atom. The van der Waals surface area contributed by atoms with Crippen molar-refractivity contribution < 1.29 is 14.3 Å². The third kappa shape index (κ3) is 3.42. The van der Waals surface area contributed by atoms with E-state index in [0.717, 1.165) is 5.56 Å². The average Bonchev–Trinajstić information content (AvgIpc) is 2.28. The van der Waals surface area contributed by atoms with Crippen LogP contribution in [0.4, 0.5) is 0 Å². The molecule has 0 heterocycles. The van der Waals surface area contributed by atoms with Crippen LogP contribution in [-0.4, -0.2) is 37.2 Å². The molecule has 5 heteroatoms. The van der Waals surface area contributed by atoms with Gasteiger partial charge in [-0.25, -0.2) is 4.79 Å². The minimum Gasteiger partial charge on any atom is -0.465 e. The summed E-state index contributed by atoms with van der Waals surface area (Å²) < 4.78 is 10.2. The van der Waals surface area contributed by atoms with Gasteiger partial charge in [0.2, 0.25) is 0 Å². The maximum absolute atomic E-state index is 11.5. The van der Waals surface area contributed by atoms with Crippen LogP contribution in [0.25, 0.3) is 0 Å². The van der Waals surface area contributed by atoms with Crippen LogP contribution in [0.2, 0.25) is 0 Å². The molecule has 0 radical (unpaired) electrons. The van der Waals surface area contributed by atoms with Gasteiger partial charge in [-0.1, -0.05) is 6.07 Å². The van der Waals surface area contributed by atoms with Crippen LogP contribution in [0, 0.1) is 6.92 Å². The molecule has 17 heavy (non-hydrogen) atoms. The van der Waals surface area contributed by atoms with Crippen molar-refractivity contribution in [3.8, 4) is 5.75 Å². The number of carbonyl (C=O) groups is 1. The van der Waals surface area contributed by atoms with Crippen LogP contribution in [0.15, 0.2) is 18.2 Å². The highest BCUT2D eigenvalue weighted by atomic mass is 32.1. The molecule has 0 aliphatic heterocycles. The van der Waals surface area contributed by atoms with Crippen molar-refractivity contribution in [2.24, 2.45) is 0 Å². The molecular weight excluding hydrogens is 238 g/mol. The normalized spacial score (nSPS) is 9.65. The minimum absolute atomic E-state index is 0.292. The van der Waals surface area contributed by atoms with Gasteiger partial charge in [0.1, 0.15) is 11.3 Å². The van der Waals surface area contributed by atoms with Crippen molar-refractivity contribution in [2.45, 2.75) is 6.92 Å². The van der Waals surface area contributed by atoms with E-state index in [1.165, 1.54) is 7.11 Å². The monoisotopic (exact) mass is 253 g/mol. The first-order valence-electron chi connectivity index (χ1n) is 5.03. The Labute approximate surface area is 106 Å². The summed E-state index contributed by atoms with van der Waals surface area (Å²) in [7, 11) is 4.88. The number of nitrogens with zero attached hydrogens (tertiary/aromatic N) is 1. The van der Waals surface area contributed by atoms with Crippen molar-refractivity contribution in [1.29, 1.82) is 0 Å². The smallest absolute Gasteiger partial charge is 0.341 e. The van der Waals surface area contributed by atoms with Gasteiger partial charge < -0.3 is 14.4 Å². The third-order valence-corrected chi connectivity index (χ3v) is 2.55. The zero-order valence-electron chi connectivity index (χ0n) is 10.3. The number of esters is 1. The van der Waals surface area contributed by atoms with E-state index in [4.69, 9.17) is 17.0 Å². The summed E-state index contributed by atoms with van der Waals surface area (Å²) in [4.78, 5) is 13.2. The third-order valence-electron chi connectivity index (χ3n) is 2.10. The van der Waals surface area contributed by atoms with Crippen LogP contribution >= 0.6 is 12.2 Å². The first kappa shape index (κ1) is 13.4. The predicted octanol–water partition coefficient (Wildman–Crippen LogP) is 2.01. The van der Waals surface area contributed by atoms with Crippen molar-refractivity contribution in [2.75, 3.05) is 21.2 Å². The quantitative estimate of drug-likeness (QED) is 0.595. The Morgan fingerprint density at radius 1 is 1.35 bits per heavy atom. The Balaban J connectivity index is 3.07. The SMILES string of the molecule is COC(=O)c1ccc(C)cc1OC(=S)N(C)C. The Morgan fingerprint density at radius 3 is 2.53 bits per heavy atom. The molecular formula is C12H15NO3S. The van der Waals surface area contributed by atoms with Gasteiger partial charge in [0.25, 0.3) is 5.17 Å². The van der Waals surface area contributed by atoms with Crippen molar-refractivity contribution >= 4 is 23.4 Å². The zero-order chi connectivity index (χ0) is 13.0. The summed E-state index contributed by atoms with van der Waals surface area (Å²) in [6.07, 6.45) is 0. The average molecular weight is 253 g/mol. The van der Waals surface area contributed by atoms with Crippen LogP contribution in [0.3, 0.4) is 0 Å². The van der Waals surface area contributed by atoms with E-state index in [1.54, 1.807) is 31.1 Å². The lowest BCUT2D eigenvalue weighted by molar-refractivity contribution is 0.0598. The molecule has 0 aliphatic rings. The lowest BCUT2D eigenvalue weighted by Gasteiger charge is -2.16. The van der Waals surface area contributed by atoms with E-state index < -0.39 is 5.97 Å². The molecule has 1 rings (SSSR count). The number of ether oxygens (including phenoxy) is 2. The van der Waals surface area contributed by atoms with E-state index in [9.17, 15) is 4.79 Å². The molecule has 0 saturated heterocycles. The highest BCUT2D eigenvalue weighted by Gasteiger charge is 2.15. The molecule has 92 valence electrons. The summed E-state index contributed by atoms with van der Waals surface area (Å²) in [5, 5.41) is 0.292. The molecule has 0 atom stereocenters. The van der Waals surface area contributed by atoms with Crippen molar-refractivity contribution in [1.82, 2.24) is 4.90 Å². The van der Waals surface area contributed by atoms with E-state index in [1.807, 2.05) is 13.0 Å². The molecule has 0 spiro atoms. The van der Waals surface area contributed by atoms with Gasteiger partial charge in [-0.2, -0.15) is 0 Å². The maximum Gasteiger partial charge on any atom is 0.341 e. The Bertz CT molecular complexity index is 443. The zero-order valence-corrected chi connectivity index (χ0v) is 11.1. The molecule has 0 aliphatic carbocycles. The fourth-order valence-electron chi connectivity index (χ4n) is 1.18. The second-order valence-corrected chi connectivity index (χ2v) is 4.10. The highest BCUT2D eigenvalue weighted by molar-refractivity contribution is 7.80. The van der Waals surface area contributed by atoms with E-state index in [2.05, 4.69) is 4.74 Å². The summed E-state index contributed by atoms with van der Waals surface area (Å²) in [6, 6.07) is 5.23. The fraction of sp³-hybridized carbons (Fsp3) is 0.333. The van der Waals surface area contributed by atoms with Gasteiger partial charge in [0, 0.05) is 14.1 Å². The van der Waals surface area contributed by atoms with Crippen LogP contribution in [-0.2, 0) is 4.74 Å². The molecule has 4 nitrogen and oxygen atoms in total. The summed E-state index contributed by atoms with van der Waals surface area (Å²) in [5.74, 6) is -0.0305. The van der Waals surface area contributed by atoms with Crippen LogP contribution in [0.1, 0.15) is 15.9 Å². The fourth-order valence-corrected chi connectivity index (χ4v) is 1.27. The predicted molar refractivity (Wildman–Crippen MR) is 69.4 cm³/mol. The number of methoxy groups -OCH3 is 1. The lowest BCUT2D eigenvalue weighted by atomic mass is 10.1. The standard InChI is InChI=1S/C12H15NO3S/c1-8-5-6-9(11(14)15-4)10(7-8)16-12(17)13(2)3/h5-7H,1-4H3. The molecule has 0 aromatic heterocycles. The number of aryl methyl sites for hydroxylation is 1. The lowest BCUT2D eigenvalue weighted by Crippen LogP contribution is -2.25. The number of hydrogen-bond donors (Lipinski definition) is 0. The van der Waals surface area contributed by atoms with Gasteiger partial charge in [0.15, 0.2) is 0 Å². The van der Waals surface area contributed by atoms with Crippen molar-refractivity contribution in [3.05, 3.63) is 29.3 Å². The summed E-state index contributed by atoms with van der Waals surface area (Å²) in [6.45, 7) is 1.91. The summed E-state index contributed by atoms with van der Waals surface area (Å²) in [5.41, 5.74) is 1.34. The van der Waals surface area contributed by atoms with Crippen LogP contribution in [0.5, 0.6) is 5.75 Å². The van der Waals surface area contributed by atoms with E-state index in [-0.39, 0.29) is 0 Å². The van der Waals surface area contributed by atoms with Crippen LogP contribution < -0.4 is 4.74 Å². The molecule has 0 fully saturated rings. The number of carbonyl (C=O) groups excluding carboxylic acids is 1. The molecule has 0 N–H and O–H groups in total. The van der Waals surface area contributed by atoms with Gasteiger partial charge in [-0.15, -0.1) is 0 Å². The van der Waals surface area contributed by atoms with Gasteiger partial charge in [-0.05, 0) is 36.8 Å². The van der Waals surface area contributed by atoms with E-state index >= 15 is 0 Å².